The lowest BCUT2D eigenvalue weighted by Crippen LogP contribution is -2.19. The minimum absolute atomic E-state index is 0.0442. The molecule has 0 aliphatic heterocycles. The van der Waals surface area contributed by atoms with E-state index < -0.39 is 17.8 Å². The van der Waals surface area contributed by atoms with Crippen LogP contribution in [-0.4, -0.2) is 22.5 Å². The molecule has 0 unspecified atom stereocenters. The number of nitrogens with zero attached hydrogens (tertiary/aromatic N) is 2. The van der Waals surface area contributed by atoms with Crippen LogP contribution in [0.3, 0.4) is 0 Å². The van der Waals surface area contributed by atoms with Gasteiger partial charge in [0.15, 0.2) is 0 Å². The third-order valence-electron chi connectivity index (χ3n) is 6.95. The minimum Gasteiger partial charge on any atom is -0.437 e. The Labute approximate surface area is 270 Å². The molecule has 2 amide bonds. The number of hydrogen-bond acceptors (Lipinski definition) is 5. The normalized spacial score (nSPS) is 10.9. The molecular weight excluding hydrogens is 603 g/mol. The van der Waals surface area contributed by atoms with Crippen molar-refractivity contribution in [3.05, 3.63) is 139 Å². The Morgan fingerprint density at radius 2 is 1.47 bits per heavy atom. The Kier molecular flexibility index (Phi) is 10.3. The molecule has 2 aromatic heterocycles. The van der Waals surface area contributed by atoms with Crippen LogP contribution in [0.25, 0.3) is 33.6 Å². The summed E-state index contributed by atoms with van der Waals surface area (Å²) in [7, 11) is 0. The number of carbonyl (C=O) groups is 1. The number of aromatic nitrogens is 2. The smallest absolute Gasteiger partial charge is 0.416 e. The second-order valence-electron chi connectivity index (χ2n) is 10.4. The number of hydrogen-bond donors (Lipinski definition) is 3. The van der Waals surface area contributed by atoms with Crippen molar-refractivity contribution < 1.29 is 22.4 Å². The first-order valence-electron chi connectivity index (χ1n) is 14.8. The monoisotopic (exact) mass is 635 g/mol. The minimum atomic E-state index is -4.49. The van der Waals surface area contributed by atoms with E-state index in [9.17, 15) is 18.0 Å². The zero-order chi connectivity index (χ0) is 33.2. The van der Waals surface area contributed by atoms with Gasteiger partial charge in [-0.15, -0.1) is 6.58 Å². The third kappa shape index (κ3) is 8.23. The van der Waals surface area contributed by atoms with Crippen molar-refractivity contribution in [3.8, 4) is 22.5 Å². The van der Waals surface area contributed by atoms with Crippen LogP contribution in [0.1, 0.15) is 18.1 Å². The zero-order valence-corrected chi connectivity index (χ0v) is 25.5. The van der Waals surface area contributed by atoms with Crippen LogP contribution >= 0.6 is 0 Å². The standard InChI is InChI=1S/C34H26F3N5O2.C3H6/c35-34(36,37)25-12-7-13-27(20-25)42-33(43)41-26-16-14-22(15-17-26)18-19-38-31-29-28(23-8-3-1-4-9-23)30(24-10-5-2-6-11-24)44-32(29)40-21-39-31;1-3-2/h1-17,20-21H,18-19H2,(H,38,39,40)(H2,41,42,43);3H,1H2,2H3. The molecule has 0 saturated heterocycles. The first-order chi connectivity index (χ1) is 22.8. The van der Waals surface area contributed by atoms with Gasteiger partial charge in [-0.2, -0.15) is 13.2 Å². The van der Waals surface area contributed by atoms with E-state index in [0.29, 0.717) is 30.2 Å². The second-order valence-corrected chi connectivity index (χ2v) is 10.4. The maximum atomic E-state index is 13.0. The van der Waals surface area contributed by atoms with Crippen LogP contribution in [0, 0.1) is 0 Å². The van der Waals surface area contributed by atoms with Gasteiger partial charge in [-0.05, 0) is 54.8 Å². The molecule has 6 aromatic rings. The predicted octanol–water partition coefficient (Wildman–Crippen LogP) is 10.1. The summed E-state index contributed by atoms with van der Waals surface area (Å²) in [5.41, 5.74) is 4.04. The fourth-order valence-electron chi connectivity index (χ4n) is 4.89. The maximum absolute atomic E-state index is 13.0. The topological polar surface area (TPSA) is 92.1 Å². The number of halogens is 3. The van der Waals surface area contributed by atoms with Crippen molar-refractivity contribution in [2.24, 2.45) is 0 Å². The van der Waals surface area contributed by atoms with Gasteiger partial charge in [-0.3, -0.25) is 0 Å². The summed E-state index contributed by atoms with van der Waals surface area (Å²) in [4.78, 5) is 21.3. The molecular formula is C37H32F3N5O2. The quantitative estimate of drug-likeness (QED) is 0.145. The van der Waals surface area contributed by atoms with E-state index in [1.165, 1.54) is 18.5 Å². The second kappa shape index (κ2) is 14.9. The lowest BCUT2D eigenvalue weighted by molar-refractivity contribution is -0.137. The van der Waals surface area contributed by atoms with E-state index in [1.54, 1.807) is 18.2 Å². The van der Waals surface area contributed by atoms with Crippen molar-refractivity contribution in [2.45, 2.75) is 19.5 Å². The first kappa shape index (κ1) is 32.5. The highest BCUT2D eigenvalue weighted by Gasteiger charge is 2.30. The van der Waals surface area contributed by atoms with Gasteiger partial charge in [0.05, 0.1) is 10.9 Å². The maximum Gasteiger partial charge on any atom is 0.416 e. The number of fused-ring (bicyclic) bond motifs is 1. The summed E-state index contributed by atoms with van der Waals surface area (Å²) < 4.78 is 45.1. The number of nitrogens with one attached hydrogen (secondary N) is 3. The fraction of sp³-hybridized carbons (Fsp3) is 0.108. The number of alkyl halides is 3. The molecule has 2 heterocycles. The third-order valence-corrected chi connectivity index (χ3v) is 6.95. The summed E-state index contributed by atoms with van der Waals surface area (Å²) in [5.74, 6) is 1.37. The molecule has 0 aliphatic rings. The Balaban J connectivity index is 0.00000139. The molecule has 6 rings (SSSR count). The number of rotatable bonds is 8. The molecule has 238 valence electrons. The van der Waals surface area contributed by atoms with Crippen molar-refractivity contribution in [1.82, 2.24) is 9.97 Å². The predicted molar refractivity (Wildman–Crippen MR) is 181 cm³/mol. The summed E-state index contributed by atoms with van der Waals surface area (Å²) >= 11 is 0. The molecule has 0 spiro atoms. The molecule has 10 heteroatoms. The van der Waals surface area contributed by atoms with Crippen LogP contribution in [0.5, 0.6) is 0 Å². The summed E-state index contributed by atoms with van der Waals surface area (Å²) in [6.45, 7) is 5.81. The van der Waals surface area contributed by atoms with E-state index in [1.807, 2.05) is 79.7 Å². The summed E-state index contributed by atoms with van der Waals surface area (Å²) in [6, 6.07) is 30.9. The van der Waals surface area contributed by atoms with Crippen LogP contribution in [0.2, 0.25) is 0 Å². The van der Waals surface area contributed by atoms with Crippen LogP contribution in [0.15, 0.2) is 133 Å². The number of allylic oxidation sites excluding steroid dienone is 1. The highest BCUT2D eigenvalue weighted by Crippen LogP contribution is 2.42. The molecule has 47 heavy (non-hydrogen) atoms. The fourth-order valence-corrected chi connectivity index (χ4v) is 4.89. The Hall–Kier alpha value is -5.90. The Morgan fingerprint density at radius 3 is 2.13 bits per heavy atom. The van der Waals surface area contributed by atoms with Crippen LogP contribution in [0.4, 0.5) is 35.2 Å². The van der Waals surface area contributed by atoms with Crippen molar-refractivity contribution in [1.29, 1.82) is 0 Å². The molecule has 4 aromatic carbocycles. The van der Waals surface area contributed by atoms with E-state index >= 15 is 0 Å². The van der Waals surface area contributed by atoms with E-state index in [2.05, 4.69) is 32.5 Å². The molecule has 0 fully saturated rings. The average molecular weight is 636 g/mol. The Bertz CT molecular complexity index is 1940. The van der Waals surface area contributed by atoms with Crippen LogP contribution in [-0.2, 0) is 12.6 Å². The lowest BCUT2D eigenvalue weighted by atomic mass is 9.99. The molecule has 3 N–H and O–H groups in total. The lowest BCUT2D eigenvalue weighted by Gasteiger charge is -2.11. The van der Waals surface area contributed by atoms with E-state index in [-0.39, 0.29) is 5.69 Å². The molecule has 0 radical (unpaired) electrons. The van der Waals surface area contributed by atoms with E-state index in [0.717, 1.165) is 45.5 Å². The summed E-state index contributed by atoms with van der Waals surface area (Å²) in [6.07, 6.45) is -0.610. The number of benzene rings is 4. The van der Waals surface area contributed by atoms with Gasteiger partial charge in [-0.25, -0.2) is 14.8 Å². The average Bonchev–Trinajstić information content (AvgIpc) is 3.47. The molecule has 0 aliphatic carbocycles. The van der Waals surface area contributed by atoms with Gasteiger partial charge < -0.3 is 20.4 Å². The van der Waals surface area contributed by atoms with Crippen LogP contribution < -0.4 is 16.0 Å². The van der Waals surface area contributed by atoms with Crippen molar-refractivity contribution >= 4 is 34.3 Å². The number of carbonyl (C=O) groups excluding carboxylic acids is 1. The van der Waals surface area contributed by atoms with Gasteiger partial charge in [0, 0.05) is 29.0 Å². The number of urea groups is 1. The van der Waals surface area contributed by atoms with Gasteiger partial charge >= 0.3 is 12.2 Å². The SMILES string of the molecule is C=CC.O=C(Nc1ccc(CCNc2ncnc3oc(-c4ccccc4)c(-c4ccccc4)c23)cc1)Nc1cccc(C(F)(F)F)c1. The highest BCUT2D eigenvalue weighted by atomic mass is 19.4. The highest BCUT2D eigenvalue weighted by molar-refractivity contribution is 6.05. The number of amides is 2. The molecule has 7 nitrogen and oxygen atoms in total. The van der Waals surface area contributed by atoms with Gasteiger partial charge in [-0.1, -0.05) is 84.9 Å². The van der Waals surface area contributed by atoms with Gasteiger partial charge in [0.1, 0.15) is 17.9 Å². The van der Waals surface area contributed by atoms with E-state index in [4.69, 9.17) is 4.42 Å². The molecule has 0 atom stereocenters. The zero-order valence-electron chi connectivity index (χ0n) is 25.5. The van der Waals surface area contributed by atoms with Gasteiger partial charge in [0.2, 0.25) is 5.71 Å². The van der Waals surface area contributed by atoms with Crippen molar-refractivity contribution in [3.63, 3.8) is 0 Å². The van der Waals surface area contributed by atoms with Gasteiger partial charge in [0.25, 0.3) is 0 Å². The number of anilines is 3. The Morgan fingerprint density at radius 1 is 0.830 bits per heavy atom. The molecule has 0 bridgehead atoms. The molecule has 0 saturated carbocycles. The largest absolute Gasteiger partial charge is 0.437 e. The number of furan rings is 1. The first-order valence-corrected chi connectivity index (χ1v) is 14.8. The van der Waals surface area contributed by atoms with Crippen molar-refractivity contribution in [2.75, 3.05) is 22.5 Å². The summed E-state index contributed by atoms with van der Waals surface area (Å²) in [5, 5.41) is 9.30.